The van der Waals surface area contributed by atoms with Crippen molar-refractivity contribution in [3.8, 4) is 0 Å². The van der Waals surface area contributed by atoms with Gasteiger partial charge in [0.05, 0.1) is 16.8 Å². The first-order valence-electron chi connectivity index (χ1n) is 5.32. The SMILES string of the molecule is O=C(O)c1cnc(NCCc2ccco2)c(Cl)c1. The summed E-state index contributed by atoms with van der Waals surface area (Å²) in [5.74, 6) is 0.278. The third-order valence-corrected chi connectivity index (χ3v) is 2.62. The number of nitrogens with one attached hydrogen (secondary N) is 1. The fraction of sp³-hybridized carbons (Fsp3) is 0.167. The molecule has 94 valence electrons. The molecule has 2 aromatic heterocycles. The quantitative estimate of drug-likeness (QED) is 0.870. The van der Waals surface area contributed by atoms with Crippen molar-refractivity contribution in [1.82, 2.24) is 4.98 Å². The minimum atomic E-state index is -1.05. The minimum Gasteiger partial charge on any atom is -0.478 e. The lowest BCUT2D eigenvalue weighted by molar-refractivity contribution is 0.0696. The van der Waals surface area contributed by atoms with Crippen molar-refractivity contribution in [2.75, 3.05) is 11.9 Å². The molecule has 0 spiro atoms. The number of hydrogen-bond acceptors (Lipinski definition) is 4. The Morgan fingerprint density at radius 2 is 2.39 bits per heavy atom. The molecule has 0 aromatic carbocycles. The van der Waals surface area contributed by atoms with E-state index in [2.05, 4.69) is 10.3 Å². The Morgan fingerprint density at radius 1 is 1.56 bits per heavy atom. The molecule has 2 heterocycles. The normalized spacial score (nSPS) is 10.3. The third-order valence-electron chi connectivity index (χ3n) is 2.33. The molecular formula is C12H11ClN2O3. The molecule has 0 unspecified atom stereocenters. The summed E-state index contributed by atoms with van der Waals surface area (Å²) in [5, 5.41) is 12.1. The second-order valence-corrected chi connectivity index (χ2v) is 4.02. The van der Waals surface area contributed by atoms with Crippen molar-refractivity contribution in [3.63, 3.8) is 0 Å². The Labute approximate surface area is 108 Å². The highest BCUT2D eigenvalue weighted by Crippen LogP contribution is 2.20. The second kappa shape index (κ2) is 5.55. The molecule has 2 aromatic rings. The number of halogens is 1. The molecule has 0 fully saturated rings. The van der Waals surface area contributed by atoms with Crippen LogP contribution < -0.4 is 5.32 Å². The van der Waals surface area contributed by atoms with E-state index in [1.807, 2.05) is 12.1 Å². The van der Waals surface area contributed by atoms with Crippen LogP contribution in [0.3, 0.4) is 0 Å². The third kappa shape index (κ3) is 3.01. The van der Waals surface area contributed by atoms with Crippen LogP contribution in [-0.4, -0.2) is 22.6 Å². The first kappa shape index (κ1) is 12.4. The second-order valence-electron chi connectivity index (χ2n) is 3.62. The summed E-state index contributed by atoms with van der Waals surface area (Å²) >= 11 is 5.92. The van der Waals surface area contributed by atoms with Crippen LogP contribution in [0, 0.1) is 0 Å². The van der Waals surface area contributed by atoms with Gasteiger partial charge >= 0.3 is 5.97 Å². The van der Waals surface area contributed by atoms with Crippen LogP contribution in [0.4, 0.5) is 5.82 Å². The Hall–Kier alpha value is -2.01. The summed E-state index contributed by atoms with van der Waals surface area (Å²) in [6, 6.07) is 5.07. The molecule has 0 saturated heterocycles. The van der Waals surface area contributed by atoms with Gasteiger partial charge in [-0.25, -0.2) is 9.78 Å². The average molecular weight is 267 g/mol. The van der Waals surface area contributed by atoms with Crippen molar-refractivity contribution < 1.29 is 14.3 Å². The van der Waals surface area contributed by atoms with Gasteiger partial charge in [-0.15, -0.1) is 0 Å². The van der Waals surface area contributed by atoms with Gasteiger partial charge in [0.15, 0.2) is 0 Å². The molecule has 0 amide bonds. The molecule has 2 rings (SSSR count). The molecule has 0 atom stereocenters. The van der Waals surface area contributed by atoms with Gasteiger partial charge in [-0.2, -0.15) is 0 Å². The van der Waals surface area contributed by atoms with E-state index >= 15 is 0 Å². The van der Waals surface area contributed by atoms with E-state index in [0.29, 0.717) is 18.8 Å². The number of nitrogens with zero attached hydrogens (tertiary/aromatic N) is 1. The summed E-state index contributed by atoms with van der Waals surface area (Å²) in [4.78, 5) is 14.7. The minimum absolute atomic E-state index is 0.0663. The van der Waals surface area contributed by atoms with Crippen LogP contribution in [0.5, 0.6) is 0 Å². The van der Waals surface area contributed by atoms with Gasteiger partial charge in [-0.05, 0) is 18.2 Å². The van der Waals surface area contributed by atoms with Crippen LogP contribution in [-0.2, 0) is 6.42 Å². The Kier molecular flexibility index (Phi) is 3.84. The summed E-state index contributed by atoms with van der Waals surface area (Å²) in [5.41, 5.74) is 0.0663. The van der Waals surface area contributed by atoms with Crippen LogP contribution in [0.15, 0.2) is 35.1 Å². The number of carboxylic acid groups (broad SMARTS) is 1. The van der Waals surface area contributed by atoms with E-state index in [9.17, 15) is 4.79 Å². The molecule has 6 heteroatoms. The molecule has 0 bridgehead atoms. The zero-order chi connectivity index (χ0) is 13.0. The largest absolute Gasteiger partial charge is 0.478 e. The van der Waals surface area contributed by atoms with Gasteiger partial charge in [0.1, 0.15) is 11.6 Å². The van der Waals surface area contributed by atoms with Crippen LogP contribution in [0.2, 0.25) is 5.02 Å². The van der Waals surface area contributed by atoms with Gasteiger partial charge in [0, 0.05) is 19.2 Å². The van der Waals surface area contributed by atoms with Crippen molar-refractivity contribution in [3.05, 3.63) is 47.0 Å². The summed E-state index contributed by atoms with van der Waals surface area (Å²) in [7, 11) is 0. The average Bonchev–Trinajstić information content (AvgIpc) is 2.84. The zero-order valence-corrected chi connectivity index (χ0v) is 10.1. The lowest BCUT2D eigenvalue weighted by atomic mass is 10.3. The first-order chi connectivity index (χ1) is 8.66. The number of carbonyl (C=O) groups is 1. The van der Waals surface area contributed by atoms with E-state index in [0.717, 1.165) is 5.76 Å². The van der Waals surface area contributed by atoms with E-state index < -0.39 is 5.97 Å². The van der Waals surface area contributed by atoms with Gasteiger partial charge in [-0.3, -0.25) is 0 Å². The molecule has 0 aliphatic rings. The van der Waals surface area contributed by atoms with E-state index in [-0.39, 0.29) is 10.6 Å². The molecule has 0 radical (unpaired) electrons. The Balaban J connectivity index is 1.95. The number of hydrogen-bond donors (Lipinski definition) is 2. The van der Waals surface area contributed by atoms with E-state index in [1.54, 1.807) is 6.26 Å². The highest BCUT2D eigenvalue weighted by Gasteiger charge is 2.08. The van der Waals surface area contributed by atoms with Crippen molar-refractivity contribution in [2.45, 2.75) is 6.42 Å². The summed E-state index contributed by atoms with van der Waals surface area (Å²) < 4.78 is 5.18. The van der Waals surface area contributed by atoms with Gasteiger partial charge in [0.2, 0.25) is 0 Å². The van der Waals surface area contributed by atoms with Crippen molar-refractivity contribution in [2.24, 2.45) is 0 Å². The Morgan fingerprint density at radius 3 is 3.00 bits per heavy atom. The molecule has 0 aliphatic carbocycles. The van der Waals surface area contributed by atoms with Crippen LogP contribution >= 0.6 is 11.6 Å². The van der Waals surface area contributed by atoms with Crippen LogP contribution in [0.25, 0.3) is 0 Å². The maximum Gasteiger partial charge on any atom is 0.337 e. The van der Waals surface area contributed by atoms with Gasteiger partial charge < -0.3 is 14.8 Å². The standard InChI is InChI=1S/C12H11ClN2O3/c13-10-6-8(12(16)17)7-15-11(10)14-4-3-9-2-1-5-18-9/h1-2,5-7H,3-4H2,(H,14,15)(H,16,17). The number of anilines is 1. The number of carboxylic acids is 1. The summed E-state index contributed by atoms with van der Waals surface area (Å²) in [6.45, 7) is 0.604. The number of aromatic nitrogens is 1. The zero-order valence-electron chi connectivity index (χ0n) is 9.39. The number of furan rings is 1. The molecule has 0 saturated carbocycles. The smallest absolute Gasteiger partial charge is 0.337 e. The maximum absolute atomic E-state index is 10.7. The molecular weight excluding hydrogens is 256 g/mol. The van der Waals surface area contributed by atoms with Gasteiger partial charge in [0.25, 0.3) is 0 Å². The highest BCUT2D eigenvalue weighted by atomic mass is 35.5. The van der Waals surface area contributed by atoms with Crippen LogP contribution in [0.1, 0.15) is 16.1 Å². The van der Waals surface area contributed by atoms with E-state index in [1.165, 1.54) is 12.3 Å². The fourth-order valence-electron chi connectivity index (χ4n) is 1.44. The molecule has 0 aliphatic heterocycles. The molecule has 2 N–H and O–H groups in total. The lowest BCUT2D eigenvalue weighted by Gasteiger charge is -2.06. The maximum atomic E-state index is 10.7. The van der Waals surface area contributed by atoms with Gasteiger partial charge in [-0.1, -0.05) is 11.6 Å². The number of aromatic carboxylic acids is 1. The molecule has 18 heavy (non-hydrogen) atoms. The topological polar surface area (TPSA) is 75.4 Å². The van der Waals surface area contributed by atoms with Crippen molar-refractivity contribution >= 4 is 23.4 Å². The molecule has 5 nitrogen and oxygen atoms in total. The predicted octanol–water partition coefficient (Wildman–Crippen LogP) is 2.68. The first-order valence-corrected chi connectivity index (χ1v) is 5.69. The predicted molar refractivity (Wildman–Crippen MR) is 67.1 cm³/mol. The highest BCUT2D eigenvalue weighted by molar-refractivity contribution is 6.33. The summed E-state index contributed by atoms with van der Waals surface area (Å²) in [6.07, 6.45) is 3.58. The monoisotopic (exact) mass is 266 g/mol. The Bertz CT molecular complexity index is 540. The number of pyridine rings is 1. The lowest BCUT2D eigenvalue weighted by Crippen LogP contribution is -2.07. The number of rotatable bonds is 5. The van der Waals surface area contributed by atoms with E-state index in [4.69, 9.17) is 21.1 Å². The fourth-order valence-corrected chi connectivity index (χ4v) is 1.68. The van der Waals surface area contributed by atoms with Crippen molar-refractivity contribution in [1.29, 1.82) is 0 Å².